The lowest BCUT2D eigenvalue weighted by Gasteiger charge is -2.36. The van der Waals surface area contributed by atoms with Crippen molar-refractivity contribution in [1.82, 2.24) is 4.90 Å². The minimum absolute atomic E-state index is 0.0472. The second kappa shape index (κ2) is 6.23. The number of rotatable bonds is 2. The van der Waals surface area contributed by atoms with Gasteiger partial charge in [-0.15, -0.1) is 0 Å². The van der Waals surface area contributed by atoms with Gasteiger partial charge < -0.3 is 10.6 Å². The third kappa shape index (κ3) is 3.04. The molecule has 0 bridgehead atoms. The molecule has 0 aromatic heterocycles. The number of nitrogens with zero attached hydrogens (tertiary/aromatic N) is 1. The largest absolute Gasteiger partial charge is 0.397 e. The number of carbonyl (C=O) groups excluding carboxylic acids is 1. The molecule has 1 aliphatic rings. The number of nitrogen functional groups attached to an aromatic ring is 1. The summed E-state index contributed by atoms with van der Waals surface area (Å²) in [6, 6.07) is 3.47. The van der Waals surface area contributed by atoms with E-state index in [9.17, 15) is 4.79 Å². The van der Waals surface area contributed by atoms with Crippen molar-refractivity contribution in [2.75, 3.05) is 12.8 Å². The molecule has 1 saturated carbocycles. The van der Waals surface area contributed by atoms with Gasteiger partial charge in [0.15, 0.2) is 0 Å². The molecule has 20 heavy (non-hydrogen) atoms. The highest BCUT2D eigenvalue weighted by atomic mass is 35.5. The molecular weight excluding hydrogens is 295 g/mol. The van der Waals surface area contributed by atoms with Gasteiger partial charge in [-0.2, -0.15) is 0 Å². The van der Waals surface area contributed by atoms with Crippen LogP contribution in [-0.4, -0.2) is 23.9 Å². The van der Waals surface area contributed by atoms with E-state index in [4.69, 9.17) is 28.9 Å². The molecule has 0 saturated heterocycles. The molecule has 5 heteroatoms. The average Bonchev–Trinajstić information content (AvgIpc) is 2.43. The van der Waals surface area contributed by atoms with Crippen molar-refractivity contribution < 1.29 is 4.79 Å². The Balaban J connectivity index is 2.22. The monoisotopic (exact) mass is 314 g/mol. The molecule has 0 heterocycles. The van der Waals surface area contributed by atoms with E-state index in [1.165, 1.54) is 19.3 Å². The van der Waals surface area contributed by atoms with E-state index in [0.717, 1.165) is 6.42 Å². The summed E-state index contributed by atoms with van der Waals surface area (Å²) >= 11 is 11.9. The first kappa shape index (κ1) is 15.5. The van der Waals surface area contributed by atoms with Crippen LogP contribution in [0.4, 0.5) is 5.69 Å². The van der Waals surface area contributed by atoms with Crippen molar-refractivity contribution >= 4 is 34.8 Å². The molecule has 110 valence electrons. The number of amides is 1. The van der Waals surface area contributed by atoms with Crippen molar-refractivity contribution in [1.29, 1.82) is 0 Å². The van der Waals surface area contributed by atoms with Crippen LogP contribution in [0.5, 0.6) is 0 Å². The minimum Gasteiger partial charge on any atom is -0.397 e. The maximum atomic E-state index is 12.6. The summed E-state index contributed by atoms with van der Waals surface area (Å²) < 4.78 is 0. The highest BCUT2D eigenvalue weighted by Gasteiger charge is 2.28. The molecule has 2 rings (SSSR count). The first-order valence-electron chi connectivity index (χ1n) is 6.93. The molecular formula is C15H20Cl2N2O. The van der Waals surface area contributed by atoms with E-state index < -0.39 is 0 Å². The van der Waals surface area contributed by atoms with Crippen LogP contribution in [0.1, 0.15) is 43.0 Å². The standard InChI is InChI=1S/C15H20Cl2N2O/c1-9-5-3-4-6-13(9)19(2)15(20)10-7-11(16)14(17)12(18)8-10/h7-9,13H,3-6,18H2,1-2H3. The minimum atomic E-state index is -0.0472. The van der Waals surface area contributed by atoms with Gasteiger partial charge in [0.05, 0.1) is 15.7 Å². The molecule has 2 atom stereocenters. The van der Waals surface area contributed by atoms with E-state index in [2.05, 4.69) is 6.92 Å². The summed E-state index contributed by atoms with van der Waals surface area (Å²) in [4.78, 5) is 14.4. The van der Waals surface area contributed by atoms with Crippen LogP contribution in [-0.2, 0) is 0 Å². The van der Waals surface area contributed by atoms with Gasteiger partial charge in [-0.05, 0) is 30.9 Å². The number of benzene rings is 1. The zero-order valence-electron chi connectivity index (χ0n) is 11.8. The Labute approximate surface area is 130 Å². The summed E-state index contributed by atoms with van der Waals surface area (Å²) in [5.74, 6) is 0.479. The van der Waals surface area contributed by atoms with Gasteiger partial charge in [-0.1, -0.05) is 43.0 Å². The van der Waals surface area contributed by atoms with Gasteiger partial charge in [0, 0.05) is 18.7 Å². The second-order valence-electron chi connectivity index (χ2n) is 5.61. The smallest absolute Gasteiger partial charge is 0.253 e. The van der Waals surface area contributed by atoms with Gasteiger partial charge in [0.25, 0.3) is 5.91 Å². The molecule has 1 amide bonds. The number of carbonyl (C=O) groups is 1. The van der Waals surface area contributed by atoms with Gasteiger partial charge in [-0.3, -0.25) is 4.79 Å². The molecule has 3 nitrogen and oxygen atoms in total. The highest BCUT2D eigenvalue weighted by Crippen LogP contribution is 2.32. The summed E-state index contributed by atoms with van der Waals surface area (Å²) in [6.45, 7) is 2.21. The van der Waals surface area contributed by atoms with Crippen LogP contribution >= 0.6 is 23.2 Å². The highest BCUT2D eigenvalue weighted by molar-refractivity contribution is 6.43. The lowest BCUT2D eigenvalue weighted by Crippen LogP contribution is -2.42. The Kier molecular flexibility index (Phi) is 4.82. The van der Waals surface area contributed by atoms with Crippen molar-refractivity contribution in [3.05, 3.63) is 27.7 Å². The van der Waals surface area contributed by atoms with Gasteiger partial charge in [0.2, 0.25) is 0 Å². The van der Waals surface area contributed by atoms with Crippen LogP contribution in [0.15, 0.2) is 12.1 Å². The quantitative estimate of drug-likeness (QED) is 0.830. The third-order valence-electron chi connectivity index (χ3n) is 4.19. The molecule has 1 aromatic rings. The molecule has 1 aromatic carbocycles. The molecule has 1 fully saturated rings. The summed E-state index contributed by atoms with van der Waals surface area (Å²) in [5, 5.41) is 0.622. The average molecular weight is 315 g/mol. The first-order valence-corrected chi connectivity index (χ1v) is 7.69. The SMILES string of the molecule is CC1CCCCC1N(C)C(=O)c1cc(N)c(Cl)c(Cl)c1. The zero-order valence-corrected chi connectivity index (χ0v) is 13.3. The molecule has 2 unspecified atom stereocenters. The van der Waals surface area contributed by atoms with E-state index in [-0.39, 0.29) is 11.9 Å². The Morgan fingerprint density at radius 2 is 1.95 bits per heavy atom. The number of anilines is 1. The normalized spacial score (nSPS) is 22.6. The van der Waals surface area contributed by atoms with Crippen molar-refractivity contribution in [3.8, 4) is 0 Å². The van der Waals surface area contributed by atoms with Crippen LogP contribution < -0.4 is 5.73 Å². The lowest BCUT2D eigenvalue weighted by atomic mass is 9.85. The van der Waals surface area contributed by atoms with Crippen molar-refractivity contribution in [3.63, 3.8) is 0 Å². The predicted molar refractivity (Wildman–Crippen MR) is 84.4 cm³/mol. The maximum absolute atomic E-state index is 12.6. The van der Waals surface area contributed by atoms with Gasteiger partial charge in [-0.25, -0.2) is 0 Å². The van der Waals surface area contributed by atoms with Crippen molar-refractivity contribution in [2.45, 2.75) is 38.6 Å². The number of halogens is 2. The van der Waals surface area contributed by atoms with E-state index in [0.29, 0.717) is 27.2 Å². The predicted octanol–water partition coefficient (Wildman–Crippen LogP) is 4.23. The van der Waals surface area contributed by atoms with E-state index in [1.54, 1.807) is 12.1 Å². The van der Waals surface area contributed by atoms with Gasteiger partial charge >= 0.3 is 0 Å². The Morgan fingerprint density at radius 3 is 2.55 bits per heavy atom. The summed E-state index contributed by atoms with van der Waals surface area (Å²) in [5.41, 5.74) is 6.62. The fourth-order valence-electron chi connectivity index (χ4n) is 2.96. The first-order chi connectivity index (χ1) is 9.41. The molecule has 0 spiro atoms. The van der Waals surface area contributed by atoms with Crippen LogP contribution in [0.2, 0.25) is 10.0 Å². The summed E-state index contributed by atoms with van der Waals surface area (Å²) in [6.07, 6.45) is 4.65. The summed E-state index contributed by atoms with van der Waals surface area (Å²) in [7, 11) is 1.85. The van der Waals surface area contributed by atoms with Crippen LogP contribution in [0.25, 0.3) is 0 Å². The van der Waals surface area contributed by atoms with Gasteiger partial charge in [0.1, 0.15) is 0 Å². The number of hydrogen-bond donors (Lipinski definition) is 1. The van der Waals surface area contributed by atoms with E-state index >= 15 is 0 Å². The molecule has 0 radical (unpaired) electrons. The molecule has 1 aliphatic carbocycles. The molecule has 2 N–H and O–H groups in total. The second-order valence-corrected chi connectivity index (χ2v) is 6.39. The van der Waals surface area contributed by atoms with E-state index in [1.807, 2.05) is 11.9 Å². The van der Waals surface area contributed by atoms with Crippen molar-refractivity contribution in [2.24, 2.45) is 5.92 Å². The lowest BCUT2D eigenvalue weighted by molar-refractivity contribution is 0.0629. The topological polar surface area (TPSA) is 46.3 Å². The third-order valence-corrected chi connectivity index (χ3v) is 5.00. The van der Waals surface area contributed by atoms with Crippen LogP contribution in [0, 0.1) is 5.92 Å². The van der Waals surface area contributed by atoms with Crippen LogP contribution in [0.3, 0.4) is 0 Å². The fourth-order valence-corrected chi connectivity index (χ4v) is 3.30. The Bertz CT molecular complexity index is 496. The number of nitrogens with two attached hydrogens (primary N) is 1. The Morgan fingerprint density at radius 1 is 1.30 bits per heavy atom. The molecule has 0 aliphatic heterocycles. The fraction of sp³-hybridized carbons (Fsp3) is 0.533. The number of hydrogen-bond acceptors (Lipinski definition) is 2. The Hall–Kier alpha value is -0.930. The maximum Gasteiger partial charge on any atom is 0.253 e. The zero-order chi connectivity index (χ0) is 14.9.